The Labute approximate surface area is 178 Å². The zero-order valence-corrected chi connectivity index (χ0v) is 18.0. The number of hydrogen-bond donors (Lipinski definition) is 2. The molecule has 0 aliphatic carbocycles. The highest BCUT2D eigenvalue weighted by Crippen LogP contribution is 2.33. The third kappa shape index (κ3) is 5.86. The van der Waals surface area contributed by atoms with Crippen LogP contribution in [0, 0.1) is 5.82 Å². The van der Waals surface area contributed by atoms with Crippen molar-refractivity contribution in [3.05, 3.63) is 58.9 Å². The molecule has 0 amide bonds. The number of ether oxygens (including phenoxy) is 2. The molecular formula is C23H31FN4O2. The molecule has 0 spiro atoms. The van der Waals surface area contributed by atoms with Crippen LogP contribution in [-0.2, 0) is 19.5 Å². The van der Waals surface area contributed by atoms with Crippen LogP contribution in [-0.4, -0.2) is 51.3 Å². The highest BCUT2D eigenvalue weighted by molar-refractivity contribution is 5.79. The molecule has 3 rings (SSSR count). The van der Waals surface area contributed by atoms with Crippen molar-refractivity contribution < 1.29 is 13.9 Å². The number of halogens is 1. The van der Waals surface area contributed by atoms with Crippen molar-refractivity contribution >= 4 is 5.96 Å². The quantitative estimate of drug-likeness (QED) is 0.514. The molecule has 6 nitrogen and oxygen atoms in total. The van der Waals surface area contributed by atoms with Crippen LogP contribution in [0.5, 0.6) is 11.5 Å². The minimum atomic E-state index is -0.236. The highest BCUT2D eigenvalue weighted by Gasteiger charge is 2.19. The highest BCUT2D eigenvalue weighted by atomic mass is 19.1. The summed E-state index contributed by atoms with van der Waals surface area (Å²) in [4.78, 5) is 6.98. The smallest absolute Gasteiger partial charge is 0.191 e. The number of benzene rings is 2. The minimum Gasteiger partial charge on any atom is -0.493 e. The molecule has 2 aromatic carbocycles. The van der Waals surface area contributed by atoms with E-state index >= 15 is 0 Å². The van der Waals surface area contributed by atoms with Crippen molar-refractivity contribution in [1.29, 1.82) is 0 Å². The van der Waals surface area contributed by atoms with Gasteiger partial charge < -0.3 is 20.1 Å². The molecule has 1 aliphatic rings. The van der Waals surface area contributed by atoms with Crippen LogP contribution in [0.3, 0.4) is 0 Å². The average Bonchev–Trinajstić information content (AvgIpc) is 2.76. The van der Waals surface area contributed by atoms with E-state index < -0.39 is 0 Å². The van der Waals surface area contributed by atoms with Gasteiger partial charge in [0.25, 0.3) is 0 Å². The Morgan fingerprint density at radius 1 is 1.10 bits per heavy atom. The molecule has 2 aromatic rings. The van der Waals surface area contributed by atoms with Crippen LogP contribution in [0.1, 0.15) is 23.6 Å². The number of guanidine groups is 1. The van der Waals surface area contributed by atoms with E-state index in [9.17, 15) is 4.39 Å². The van der Waals surface area contributed by atoms with Crippen LogP contribution in [0.15, 0.2) is 41.4 Å². The van der Waals surface area contributed by atoms with Gasteiger partial charge in [0.05, 0.1) is 20.8 Å². The van der Waals surface area contributed by atoms with E-state index in [1.54, 1.807) is 20.3 Å². The Kier molecular flexibility index (Phi) is 7.90. The topological polar surface area (TPSA) is 58.1 Å². The first-order valence-corrected chi connectivity index (χ1v) is 10.4. The van der Waals surface area contributed by atoms with Crippen molar-refractivity contribution in [2.75, 3.05) is 40.4 Å². The standard InChI is InChI=1S/C23H31FN4O2/c1-4-25-23(27-15-17-6-5-7-20(24)12-17)26-9-11-28-10-8-18-13-21(29-2)22(30-3)14-19(18)16-28/h5-7,12-14H,4,8-11,15-16H2,1-3H3,(H2,25,26,27). The molecule has 0 saturated heterocycles. The second-order valence-electron chi connectivity index (χ2n) is 7.25. The summed E-state index contributed by atoms with van der Waals surface area (Å²) < 4.78 is 24.2. The summed E-state index contributed by atoms with van der Waals surface area (Å²) in [5, 5.41) is 6.62. The van der Waals surface area contributed by atoms with Crippen molar-refractivity contribution in [2.45, 2.75) is 26.4 Å². The van der Waals surface area contributed by atoms with Crippen LogP contribution < -0.4 is 20.1 Å². The molecule has 0 saturated carbocycles. The van der Waals surface area contributed by atoms with Crippen LogP contribution in [0.4, 0.5) is 4.39 Å². The van der Waals surface area contributed by atoms with Gasteiger partial charge in [0.1, 0.15) is 5.82 Å². The third-order valence-electron chi connectivity index (χ3n) is 5.17. The Bertz CT molecular complexity index is 872. The molecule has 0 aromatic heterocycles. The summed E-state index contributed by atoms with van der Waals surface area (Å²) in [6.07, 6.45) is 0.989. The van der Waals surface area contributed by atoms with E-state index in [2.05, 4.69) is 32.7 Å². The van der Waals surface area contributed by atoms with Crippen molar-refractivity contribution in [3.63, 3.8) is 0 Å². The van der Waals surface area contributed by atoms with Gasteiger partial charge in [0.2, 0.25) is 0 Å². The van der Waals surface area contributed by atoms with Gasteiger partial charge in [-0.1, -0.05) is 12.1 Å². The fourth-order valence-corrected chi connectivity index (χ4v) is 3.61. The Morgan fingerprint density at radius 3 is 2.57 bits per heavy atom. The maximum absolute atomic E-state index is 13.3. The van der Waals surface area contributed by atoms with E-state index in [1.165, 1.54) is 23.3 Å². The van der Waals surface area contributed by atoms with Crippen LogP contribution in [0.25, 0.3) is 0 Å². The van der Waals surface area contributed by atoms with Gasteiger partial charge in [-0.05, 0) is 54.3 Å². The lowest BCUT2D eigenvalue weighted by Crippen LogP contribution is -2.42. The summed E-state index contributed by atoms with van der Waals surface area (Å²) in [7, 11) is 3.34. The van der Waals surface area contributed by atoms with E-state index in [0.717, 1.165) is 62.2 Å². The van der Waals surface area contributed by atoms with E-state index in [-0.39, 0.29) is 5.82 Å². The molecule has 0 bridgehead atoms. The predicted octanol–water partition coefficient (Wildman–Crippen LogP) is 2.96. The summed E-state index contributed by atoms with van der Waals surface area (Å²) in [6, 6.07) is 10.7. The molecule has 0 radical (unpaired) electrons. The van der Waals surface area contributed by atoms with Crippen LogP contribution in [0.2, 0.25) is 0 Å². The van der Waals surface area contributed by atoms with E-state index in [0.29, 0.717) is 6.54 Å². The van der Waals surface area contributed by atoms with E-state index in [4.69, 9.17) is 9.47 Å². The van der Waals surface area contributed by atoms with Gasteiger partial charge >= 0.3 is 0 Å². The number of methoxy groups -OCH3 is 2. The molecule has 0 fully saturated rings. The minimum absolute atomic E-state index is 0.236. The van der Waals surface area contributed by atoms with Gasteiger partial charge in [0.15, 0.2) is 17.5 Å². The second-order valence-corrected chi connectivity index (χ2v) is 7.25. The second kappa shape index (κ2) is 10.8. The molecule has 162 valence electrons. The summed E-state index contributed by atoms with van der Waals surface area (Å²) in [6.45, 7) is 6.80. The molecule has 0 unspecified atom stereocenters. The first-order chi connectivity index (χ1) is 14.6. The number of aliphatic imine (C=N–C) groups is 1. The summed E-state index contributed by atoms with van der Waals surface area (Å²) in [5.74, 6) is 2.07. The van der Waals surface area contributed by atoms with E-state index in [1.807, 2.05) is 13.0 Å². The largest absolute Gasteiger partial charge is 0.493 e. The predicted molar refractivity (Wildman–Crippen MR) is 118 cm³/mol. The fraction of sp³-hybridized carbons (Fsp3) is 0.435. The van der Waals surface area contributed by atoms with Gasteiger partial charge in [-0.3, -0.25) is 4.90 Å². The lowest BCUT2D eigenvalue weighted by atomic mass is 9.99. The summed E-state index contributed by atoms with van der Waals surface area (Å²) >= 11 is 0. The number of nitrogens with one attached hydrogen (secondary N) is 2. The normalized spacial score (nSPS) is 14.2. The lowest BCUT2D eigenvalue weighted by Gasteiger charge is -2.29. The Hall–Kier alpha value is -2.80. The zero-order valence-electron chi connectivity index (χ0n) is 18.0. The molecule has 2 N–H and O–H groups in total. The molecule has 30 heavy (non-hydrogen) atoms. The lowest BCUT2D eigenvalue weighted by molar-refractivity contribution is 0.256. The molecule has 1 heterocycles. The van der Waals surface area contributed by atoms with Crippen molar-refractivity contribution in [1.82, 2.24) is 15.5 Å². The average molecular weight is 415 g/mol. The molecular weight excluding hydrogens is 383 g/mol. The number of nitrogens with zero attached hydrogens (tertiary/aromatic N) is 2. The third-order valence-corrected chi connectivity index (χ3v) is 5.17. The van der Waals surface area contributed by atoms with Crippen molar-refractivity contribution in [2.24, 2.45) is 4.99 Å². The van der Waals surface area contributed by atoms with Gasteiger partial charge in [0, 0.05) is 32.7 Å². The summed E-state index contributed by atoms with van der Waals surface area (Å²) in [5.41, 5.74) is 3.46. The van der Waals surface area contributed by atoms with Crippen molar-refractivity contribution in [3.8, 4) is 11.5 Å². The fourth-order valence-electron chi connectivity index (χ4n) is 3.61. The van der Waals surface area contributed by atoms with Gasteiger partial charge in [-0.25, -0.2) is 9.38 Å². The van der Waals surface area contributed by atoms with Crippen LogP contribution >= 0.6 is 0 Å². The molecule has 0 atom stereocenters. The maximum Gasteiger partial charge on any atom is 0.191 e. The van der Waals surface area contributed by atoms with Gasteiger partial charge in [-0.15, -0.1) is 0 Å². The Balaban J connectivity index is 1.54. The SMILES string of the molecule is CCNC(=NCc1cccc(F)c1)NCCN1CCc2cc(OC)c(OC)cc2C1. The molecule has 1 aliphatic heterocycles. The number of fused-ring (bicyclic) bond motifs is 1. The Morgan fingerprint density at radius 2 is 1.87 bits per heavy atom. The molecule has 7 heteroatoms. The monoisotopic (exact) mass is 414 g/mol. The zero-order chi connectivity index (χ0) is 21.3. The number of rotatable bonds is 8. The first kappa shape index (κ1) is 21.9. The number of hydrogen-bond acceptors (Lipinski definition) is 4. The first-order valence-electron chi connectivity index (χ1n) is 10.4. The maximum atomic E-state index is 13.3. The van der Waals surface area contributed by atoms with Gasteiger partial charge in [-0.2, -0.15) is 0 Å².